The van der Waals surface area contributed by atoms with E-state index >= 15 is 0 Å². The predicted molar refractivity (Wildman–Crippen MR) is 98.0 cm³/mol. The van der Waals surface area contributed by atoms with Crippen LogP contribution < -0.4 is 10.0 Å². The Labute approximate surface area is 151 Å². The zero-order valence-electron chi connectivity index (χ0n) is 14.3. The van der Waals surface area contributed by atoms with E-state index < -0.39 is 14.9 Å². The van der Waals surface area contributed by atoms with Crippen molar-refractivity contribution in [3.63, 3.8) is 0 Å². The molecular formula is C17H18N4O4S. The highest BCUT2D eigenvalue weighted by Crippen LogP contribution is 2.28. The second kappa shape index (κ2) is 7.95. The fraction of sp³-hybridized carbons (Fsp3) is 0.235. The predicted octanol–water partition coefficient (Wildman–Crippen LogP) is 2.44. The molecule has 0 aliphatic heterocycles. The molecule has 2 aromatic carbocycles. The third-order valence-corrected chi connectivity index (χ3v) is 5.18. The molecule has 0 heterocycles. The topological polar surface area (TPSA) is 125 Å². The molecule has 8 nitrogen and oxygen atoms in total. The molecule has 0 fully saturated rings. The minimum Gasteiger partial charge on any atom is -0.381 e. The lowest BCUT2D eigenvalue weighted by molar-refractivity contribution is -0.385. The standard InChI is InChI=1S/C17H18N4O4S/c1-12-16(7-15(9-18)8-17(12)21(22)23)20-10-13-4-3-5-14(6-13)11-26(24,25)19-2/h3-8,19-20H,10-11H2,1-2H3. The van der Waals surface area contributed by atoms with Crippen molar-refractivity contribution in [1.82, 2.24) is 4.72 Å². The number of hydrogen-bond acceptors (Lipinski definition) is 6. The van der Waals surface area contributed by atoms with Gasteiger partial charge in [-0.15, -0.1) is 0 Å². The van der Waals surface area contributed by atoms with E-state index in [2.05, 4.69) is 10.0 Å². The quantitative estimate of drug-likeness (QED) is 0.566. The Hall–Kier alpha value is -2.96. The first-order chi connectivity index (χ1) is 12.3. The van der Waals surface area contributed by atoms with E-state index in [0.29, 0.717) is 23.4 Å². The van der Waals surface area contributed by atoms with Gasteiger partial charge in [0.2, 0.25) is 10.0 Å². The molecule has 136 valence electrons. The van der Waals surface area contributed by atoms with E-state index in [-0.39, 0.29) is 17.0 Å². The molecular weight excluding hydrogens is 356 g/mol. The Morgan fingerprint density at radius 2 is 1.92 bits per heavy atom. The first-order valence-corrected chi connectivity index (χ1v) is 9.33. The van der Waals surface area contributed by atoms with E-state index in [1.165, 1.54) is 13.1 Å². The average molecular weight is 374 g/mol. The van der Waals surface area contributed by atoms with Gasteiger partial charge in [-0.3, -0.25) is 10.1 Å². The van der Waals surface area contributed by atoms with Crippen LogP contribution in [0.3, 0.4) is 0 Å². The average Bonchev–Trinajstić information content (AvgIpc) is 2.60. The Morgan fingerprint density at radius 3 is 2.54 bits per heavy atom. The summed E-state index contributed by atoms with van der Waals surface area (Å²) >= 11 is 0. The molecule has 0 saturated heterocycles. The van der Waals surface area contributed by atoms with Crippen LogP contribution in [0.15, 0.2) is 36.4 Å². The largest absolute Gasteiger partial charge is 0.381 e. The van der Waals surface area contributed by atoms with Crippen LogP contribution in [0.25, 0.3) is 0 Å². The highest BCUT2D eigenvalue weighted by Gasteiger charge is 2.16. The first-order valence-electron chi connectivity index (χ1n) is 7.68. The molecule has 0 saturated carbocycles. The minimum atomic E-state index is -3.37. The van der Waals surface area contributed by atoms with Gasteiger partial charge >= 0.3 is 0 Å². The normalized spacial score (nSPS) is 11.0. The van der Waals surface area contributed by atoms with Crippen molar-refractivity contribution < 1.29 is 13.3 Å². The number of nitro benzene ring substituents is 1. The van der Waals surface area contributed by atoms with Gasteiger partial charge in [-0.1, -0.05) is 24.3 Å². The molecule has 26 heavy (non-hydrogen) atoms. The van der Waals surface area contributed by atoms with Gasteiger partial charge in [0.15, 0.2) is 0 Å². The van der Waals surface area contributed by atoms with Crippen molar-refractivity contribution in [2.45, 2.75) is 19.2 Å². The van der Waals surface area contributed by atoms with Crippen LogP contribution in [-0.2, 0) is 22.3 Å². The molecule has 2 rings (SSSR count). The monoisotopic (exact) mass is 374 g/mol. The Kier molecular flexibility index (Phi) is 5.92. The lowest BCUT2D eigenvalue weighted by Gasteiger charge is -2.11. The molecule has 2 N–H and O–H groups in total. The Morgan fingerprint density at radius 1 is 1.23 bits per heavy atom. The fourth-order valence-electron chi connectivity index (χ4n) is 2.46. The van der Waals surface area contributed by atoms with Crippen LogP contribution in [0.4, 0.5) is 11.4 Å². The summed E-state index contributed by atoms with van der Waals surface area (Å²) in [5.41, 5.74) is 2.44. The van der Waals surface area contributed by atoms with E-state index in [1.807, 2.05) is 12.1 Å². The van der Waals surface area contributed by atoms with Gasteiger partial charge < -0.3 is 5.32 Å². The number of nitro groups is 1. The third kappa shape index (κ3) is 4.78. The molecule has 0 amide bonds. The van der Waals surface area contributed by atoms with Crippen LogP contribution >= 0.6 is 0 Å². The summed E-state index contributed by atoms with van der Waals surface area (Å²) in [5.74, 6) is -0.133. The van der Waals surface area contributed by atoms with Gasteiger partial charge in [0.25, 0.3) is 5.69 Å². The maximum Gasteiger partial charge on any atom is 0.275 e. The summed E-state index contributed by atoms with van der Waals surface area (Å²) in [6, 6.07) is 11.7. The molecule has 2 aromatic rings. The number of anilines is 1. The Balaban J connectivity index is 2.23. The van der Waals surface area contributed by atoms with Crippen molar-refractivity contribution in [1.29, 1.82) is 5.26 Å². The molecule has 0 spiro atoms. The summed E-state index contributed by atoms with van der Waals surface area (Å²) in [6.07, 6.45) is 0. The van der Waals surface area contributed by atoms with E-state index in [9.17, 15) is 18.5 Å². The lowest BCUT2D eigenvalue weighted by atomic mass is 10.1. The second-order valence-corrected chi connectivity index (χ2v) is 7.60. The summed E-state index contributed by atoms with van der Waals surface area (Å²) in [7, 11) is -2.01. The molecule has 0 aliphatic carbocycles. The molecule has 0 aliphatic rings. The summed E-state index contributed by atoms with van der Waals surface area (Å²) in [5, 5.41) is 23.3. The van der Waals surface area contributed by atoms with Gasteiger partial charge in [0, 0.05) is 23.9 Å². The number of rotatable bonds is 7. The number of nitrogens with one attached hydrogen (secondary N) is 2. The molecule has 0 atom stereocenters. The highest BCUT2D eigenvalue weighted by molar-refractivity contribution is 7.88. The summed E-state index contributed by atoms with van der Waals surface area (Å²) < 4.78 is 25.6. The lowest BCUT2D eigenvalue weighted by Crippen LogP contribution is -2.20. The smallest absolute Gasteiger partial charge is 0.275 e. The Bertz CT molecular complexity index is 981. The number of sulfonamides is 1. The summed E-state index contributed by atoms with van der Waals surface area (Å²) in [4.78, 5) is 10.6. The third-order valence-electron chi connectivity index (χ3n) is 3.85. The van der Waals surface area contributed by atoms with Crippen LogP contribution in [-0.4, -0.2) is 20.4 Å². The van der Waals surface area contributed by atoms with Crippen molar-refractivity contribution in [2.24, 2.45) is 0 Å². The van der Waals surface area contributed by atoms with Crippen LogP contribution in [0.1, 0.15) is 22.3 Å². The van der Waals surface area contributed by atoms with Crippen molar-refractivity contribution in [3.05, 3.63) is 68.8 Å². The maximum atomic E-state index is 11.7. The van der Waals surface area contributed by atoms with Crippen LogP contribution in [0.2, 0.25) is 0 Å². The summed E-state index contributed by atoms with van der Waals surface area (Å²) in [6.45, 7) is 1.94. The van der Waals surface area contributed by atoms with E-state index in [4.69, 9.17) is 5.26 Å². The highest BCUT2D eigenvalue weighted by atomic mass is 32.2. The van der Waals surface area contributed by atoms with Gasteiger partial charge in [0.05, 0.1) is 22.3 Å². The molecule has 0 radical (unpaired) electrons. The molecule has 9 heteroatoms. The van der Waals surface area contributed by atoms with Crippen molar-refractivity contribution >= 4 is 21.4 Å². The fourth-order valence-corrected chi connectivity index (χ4v) is 3.22. The molecule has 0 unspecified atom stereocenters. The number of nitriles is 1. The van der Waals surface area contributed by atoms with E-state index in [0.717, 1.165) is 5.56 Å². The molecule has 0 aromatic heterocycles. The zero-order chi connectivity index (χ0) is 19.3. The number of hydrogen-bond donors (Lipinski definition) is 2. The van der Waals surface area contributed by atoms with Gasteiger partial charge in [-0.2, -0.15) is 5.26 Å². The SMILES string of the molecule is CNS(=O)(=O)Cc1cccc(CNc2cc(C#N)cc([N+](=O)[O-])c2C)c1. The minimum absolute atomic E-state index is 0.125. The van der Waals surface area contributed by atoms with Gasteiger partial charge in [0.1, 0.15) is 0 Å². The number of benzene rings is 2. The van der Waals surface area contributed by atoms with Crippen LogP contribution in [0.5, 0.6) is 0 Å². The van der Waals surface area contributed by atoms with Crippen molar-refractivity contribution in [3.8, 4) is 6.07 Å². The van der Waals surface area contributed by atoms with Gasteiger partial charge in [-0.25, -0.2) is 13.1 Å². The second-order valence-electron chi connectivity index (χ2n) is 5.67. The van der Waals surface area contributed by atoms with Gasteiger partial charge in [-0.05, 0) is 31.2 Å². The number of nitrogens with zero attached hydrogens (tertiary/aromatic N) is 2. The maximum absolute atomic E-state index is 11.7. The molecule has 0 bridgehead atoms. The first kappa shape index (κ1) is 19.4. The van der Waals surface area contributed by atoms with E-state index in [1.54, 1.807) is 31.2 Å². The van der Waals surface area contributed by atoms with Crippen molar-refractivity contribution in [2.75, 3.05) is 12.4 Å². The van der Waals surface area contributed by atoms with Crippen LogP contribution in [0, 0.1) is 28.4 Å². The zero-order valence-corrected chi connectivity index (χ0v) is 15.1.